The average Bonchev–Trinajstić information content (AvgIpc) is 2.26. The summed E-state index contributed by atoms with van der Waals surface area (Å²) in [6, 6.07) is 4.41. The van der Waals surface area contributed by atoms with E-state index in [0.717, 1.165) is 0 Å². The molecule has 4 nitrogen and oxygen atoms in total. The molecule has 0 saturated heterocycles. The maximum Gasteiger partial charge on any atom is 0.160 e. The highest BCUT2D eigenvalue weighted by molar-refractivity contribution is 5.42. The molecule has 2 atom stereocenters. The van der Waals surface area contributed by atoms with E-state index in [1.165, 1.54) is 13.2 Å². The second-order valence-corrected chi connectivity index (χ2v) is 3.43. The van der Waals surface area contributed by atoms with Crippen molar-refractivity contribution in [3.05, 3.63) is 23.8 Å². The molecule has 0 unspecified atom stereocenters. The van der Waals surface area contributed by atoms with E-state index in [2.05, 4.69) is 0 Å². The van der Waals surface area contributed by atoms with E-state index in [-0.39, 0.29) is 5.75 Å². The van der Waals surface area contributed by atoms with Gasteiger partial charge in [0.2, 0.25) is 0 Å². The van der Waals surface area contributed by atoms with Crippen LogP contribution in [-0.2, 0) is 0 Å². The number of ether oxygens (including phenoxy) is 1. The fourth-order valence-electron chi connectivity index (χ4n) is 1.39. The second kappa shape index (κ2) is 5.00. The fourth-order valence-corrected chi connectivity index (χ4v) is 1.39. The van der Waals surface area contributed by atoms with Gasteiger partial charge in [-0.3, -0.25) is 0 Å². The number of aliphatic hydroxyl groups is 1. The molecule has 84 valence electrons. The lowest BCUT2D eigenvalue weighted by Gasteiger charge is -2.18. The Bertz CT molecular complexity index is 328. The van der Waals surface area contributed by atoms with Crippen molar-refractivity contribution in [2.75, 3.05) is 7.11 Å². The molecule has 0 fully saturated rings. The molecule has 0 amide bonds. The van der Waals surface area contributed by atoms with Gasteiger partial charge in [-0.1, -0.05) is 13.0 Å². The van der Waals surface area contributed by atoms with Crippen LogP contribution in [0.5, 0.6) is 11.5 Å². The van der Waals surface area contributed by atoms with Crippen molar-refractivity contribution in [3.8, 4) is 11.5 Å². The van der Waals surface area contributed by atoms with Gasteiger partial charge in [-0.25, -0.2) is 0 Å². The van der Waals surface area contributed by atoms with Crippen molar-refractivity contribution >= 4 is 0 Å². The number of benzene rings is 1. The molecule has 1 aromatic rings. The summed E-state index contributed by atoms with van der Waals surface area (Å²) < 4.78 is 4.91. The highest BCUT2D eigenvalue weighted by Crippen LogP contribution is 2.29. The van der Waals surface area contributed by atoms with Gasteiger partial charge in [0.1, 0.15) is 0 Å². The Labute approximate surface area is 89.3 Å². The molecule has 0 aliphatic rings. The van der Waals surface area contributed by atoms with Crippen LogP contribution in [0.2, 0.25) is 0 Å². The third-order valence-corrected chi connectivity index (χ3v) is 2.42. The molecule has 15 heavy (non-hydrogen) atoms. The summed E-state index contributed by atoms with van der Waals surface area (Å²) in [5.74, 6) is 0.436. The number of aromatic hydroxyl groups is 1. The molecule has 0 heterocycles. The Kier molecular flexibility index (Phi) is 3.94. The minimum Gasteiger partial charge on any atom is -0.504 e. The molecule has 4 heteroatoms. The van der Waals surface area contributed by atoms with Crippen LogP contribution in [0.3, 0.4) is 0 Å². The lowest BCUT2D eigenvalue weighted by molar-refractivity contribution is 0.140. The van der Waals surface area contributed by atoms with E-state index in [1.807, 2.05) is 6.92 Å². The first-order chi connectivity index (χ1) is 7.10. The zero-order valence-electron chi connectivity index (χ0n) is 8.97. The minimum absolute atomic E-state index is 0.0359. The van der Waals surface area contributed by atoms with E-state index in [0.29, 0.717) is 17.7 Å². The largest absolute Gasteiger partial charge is 0.504 e. The number of hydrogen-bond acceptors (Lipinski definition) is 4. The maximum absolute atomic E-state index is 9.56. The van der Waals surface area contributed by atoms with Crippen molar-refractivity contribution in [2.45, 2.75) is 25.5 Å². The number of methoxy groups -OCH3 is 1. The van der Waals surface area contributed by atoms with Crippen molar-refractivity contribution in [3.63, 3.8) is 0 Å². The molecular weight excluding hydrogens is 194 g/mol. The molecule has 0 aromatic heterocycles. The van der Waals surface area contributed by atoms with Gasteiger partial charge < -0.3 is 20.7 Å². The molecule has 0 saturated carbocycles. The first-order valence-corrected chi connectivity index (χ1v) is 4.90. The van der Waals surface area contributed by atoms with Crippen molar-refractivity contribution < 1.29 is 14.9 Å². The van der Waals surface area contributed by atoms with Crippen molar-refractivity contribution in [1.82, 2.24) is 0 Å². The smallest absolute Gasteiger partial charge is 0.160 e. The summed E-state index contributed by atoms with van der Waals surface area (Å²) >= 11 is 0. The van der Waals surface area contributed by atoms with Gasteiger partial charge in [-0.2, -0.15) is 0 Å². The van der Waals surface area contributed by atoms with Gasteiger partial charge >= 0.3 is 0 Å². The molecular formula is C11H17NO3. The van der Waals surface area contributed by atoms with Gasteiger partial charge in [0.05, 0.1) is 19.3 Å². The van der Waals surface area contributed by atoms with Crippen LogP contribution >= 0.6 is 0 Å². The van der Waals surface area contributed by atoms with Crippen molar-refractivity contribution in [1.29, 1.82) is 0 Å². The summed E-state index contributed by atoms with van der Waals surface area (Å²) in [6.45, 7) is 1.86. The SMILES string of the molecule is CC[C@@H](O)[C@@H](N)c1ccc(OC)c(O)c1. The summed E-state index contributed by atoms with van der Waals surface area (Å²) in [5.41, 5.74) is 6.50. The zero-order chi connectivity index (χ0) is 11.4. The van der Waals surface area contributed by atoms with Crippen LogP contribution in [0.15, 0.2) is 18.2 Å². The molecule has 4 N–H and O–H groups in total. The standard InChI is InChI=1S/C11H17NO3/c1-3-8(13)11(12)7-4-5-10(15-2)9(14)6-7/h4-6,8,11,13-14H,3,12H2,1-2H3/t8-,11+/m1/s1. The first-order valence-electron chi connectivity index (χ1n) is 4.90. The highest BCUT2D eigenvalue weighted by Gasteiger charge is 2.16. The Morgan fingerprint density at radius 3 is 2.60 bits per heavy atom. The zero-order valence-corrected chi connectivity index (χ0v) is 8.97. The quantitative estimate of drug-likeness (QED) is 0.698. The van der Waals surface area contributed by atoms with Crippen molar-refractivity contribution in [2.24, 2.45) is 5.73 Å². The lowest BCUT2D eigenvalue weighted by atomic mass is 10.0. The molecule has 0 aliphatic carbocycles. The summed E-state index contributed by atoms with van der Waals surface area (Å²) in [7, 11) is 1.48. The highest BCUT2D eigenvalue weighted by atomic mass is 16.5. The average molecular weight is 211 g/mol. The monoisotopic (exact) mass is 211 g/mol. The van der Waals surface area contributed by atoms with Gasteiger partial charge in [0.25, 0.3) is 0 Å². The fraction of sp³-hybridized carbons (Fsp3) is 0.455. The molecule has 0 radical (unpaired) electrons. The van der Waals surface area contributed by atoms with Gasteiger partial charge in [0, 0.05) is 0 Å². The normalized spacial score (nSPS) is 14.7. The number of hydrogen-bond donors (Lipinski definition) is 3. The van der Waals surface area contributed by atoms with Crippen LogP contribution in [0.25, 0.3) is 0 Å². The first kappa shape index (κ1) is 11.8. The Morgan fingerprint density at radius 1 is 1.47 bits per heavy atom. The third-order valence-electron chi connectivity index (χ3n) is 2.42. The Hall–Kier alpha value is -1.26. The number of aliphatic hydroxyl groups excluding tert-OH is 1. The molecule has 0 bridgehead atoms. The lowest BCUT2D eigenvalue weighted by Crippen LogP contribution is -2.25. The van der Waals surface area contributed by atoms with Gasteiger partial charge in [-0.15, -0.1) is 0 Å². The Balaban J connectivity index is 2.92. The van der Waals surface area contributed by atoms with Gasteiger partial charge in [0.15, 0.2) is 11.5 Å². The predicted octanol–water partition coefficient (Wildman–Crippen LogP) is 1.17. The van der Waals surface area contributed by atoms with Crippen LogP contribution in [-0.4, -0.2) is 23.4 Å². The maximum atomic E-state index is 9.56. The number of phenols is 1. The van der Waals surface area contributed by atoms with E-state index in [9.17, 15) is 10.2 Å². The summed E-state index contributed by atoms with van der Waals surface area (Å²) in [6.07, 6.45) is -0.0219. The molecule has 0 aliphatic heterocycles. The van der Waals surface area contributed by atoms with Gasteiger partial charge in [-0.05, 0) is 24.1 Å². The Morgan fingerprint density at radius 2 is 2.13 bits per heavy atom. The van der Waals surface area contributed by atoms with Crippen LogP contribution in [0.1, 0.15) is 24.9 Å². The summed E-state index contributed by atoms with van der Waals surface area (Å²) in [4.78, 5) is 0. The van der Waals surface area contributed by atoms with E-state index in [1.54, 1.807) is 12.1 Å². The molecule has 1 rings (SSSR count). The van der Waals surface area contributed by atoms with E-state index in [4.69, 9.17) is 10.5 Å². The summed E-state index contributed by atoms with van der Waals surface area (Å²) in [5, 5.41) is 19.1. The van der Waals surface area contributed by atoms with Crippen LogP contribution < -0.4 is 10.5 Å². The van der Waals surface area contributed by atoms with Crippen LogP contribution in [0, 0.1) is 0 Å². The minimum atomic E-state index is -0.599. The molecule has 1 aromatic carbocycles. The number of rotatable bonds is 4. The van der Waals surface area contributed by atoms with E-state index >= 15 is 0 Å². The number of nitrogens with two attached hydrogens (primary N) is 1. The van der Waals surface area contributed by atoms with E-state index < -0.39 is 12.1 Å². The second-order valence-electron chi connectivity index (χ2n) is 3.43. The third kappa shape index (κ3) is 2.61. The number of phenolic OH excluding ortho intramolecular Hbond substituents is 1. The topological polar surface area (TPSA) is 75.7 Å². The molecule has 0 spiro atoms. The predicted molar refractivity (Wildman–Crippen MR) is 57.9 cm³/mol. The van der Waals surface area contributed by atoms with Crippen LogP contribution in [0.4, 0.5) is 0 Å².